The van der Waals surface area contributed by atoms with Crippen molar-refractivity contribution >= 4 is 5.91 Å². The Labute approximate surface area is 96.0 Å². The van der Waals surface area contributed by atoms with Crippen LogP contribution in [0.2, 0.25) is 0 Å². The minimum atomic E-state index is -0.917. The van der Waals surface area contributed by atoms with Gasteiger partial charge in [-0.2, -0.15) is 0 Å². The molecule has 6 heteroatoms. The molecule has 0 aromatic heterocycles. The summed E-state index contributed by atoms with van der Waals surface area (Å²) in [7, 11) is 1.58. The molecule has 0 rings (SSSR count). The van der Waals surface area contributed by atoms with Crippen molar-refractivity contribution in [2.45, 2.75) is 18.9 Å². The van der Waals surface area contributed by atoms with Crippen molar-refractivity contribution in [1.29, 1.82) is 0 Å². The monoisotopic (exact) mass is 234 g/mol. The normalized spacial score (nSPS) is 11.5. The van der Waals surface area contributed by atoms with Crippen LogP contribution < -0.4 is 10.6 Å². The van der Waals surface area contributed by atoms with Crippen LogP contribution in [-0.2, 0) is 9.53 Å². The van der Waals surface area contributed by atoms with Crippen LogP contribution in [0.15, 0.2) is 0 Å². The van der Waals surface area contributed by atoms with Crippen LogP contribution in [0.4, 0.5) is 0 Å². The lowest BCUT2D eigenvalue weighted by atomic mass is 9.98. The molecule has 16 heavy (non-hydrogen) atoms. The zero-order chi connectivity index (χ0) is 12.4. The molecule has 1 amide bonds. The Morgan fingerprint density at radius 2 is 2.00 bits per heavy atom. The first-order chi connectivity index (χ1) is 7.64. The fourth-order valence-corrected chi connectivity index (χ4v) is 1.16. The third-order valence-corrected chi connectivity index (χ3v) is 2.46. The van der Waals surface area contributed by atoms with Crippen molar-refractivity contribution in [1.82, 2.24) is 10.6 Å². The first kappa shape index (κ1) is 15.3. The molecule has 0 aliphatic carbocycles. The minimum absolute atomic E-state index is 0.144. The molecule has 6 nitrogen and oxygen atoms in total. The molecule has 0 fully saturated rings. The van der Waals surface area contributed by atoms with Gasteiger partial charge in [-0.05, 0) is 6.42 Å². The van der Waals surface area contributed by atoms with Gasteiger partial charge in [-0.25, -0.2) is 0 Å². The van der Waals surface area contributed by atoms with Crippen LogP contribution in [0.3, 0.4) is 0 Å². The number of rotatable bonds is 9. The Hall–Kier alpha value is -0.690. The Bertz CT molecular complexity index is 187. The number of hydrogen-bond acceptors (Lipinski definition) is 5. The van der Waals surface area contributed by atoms with E-state index in [1.165, 1.54) is 0 Å². The van der Waals surface area contributed by atoms with E-state index < -0.39 is 5.54 Å². The van der Waals surface area contributed by atoms with E-state index >= 15 is 0 Å². The summed E-state index contributed by atoms with van der Waals surface area (Å²) in [6.07, 6.45) is 0.476. The summed E-state index contributed by atoms with van der Waals surface area (Å²) in [6.45, 7) is 2.51. The predicted molar refractivity (Wildman–Crippen MR) is 60.1 cm³/mol. The molecule has 0 heterocycles. The number of ether oxygens (including phenoxy) is 1. The molecule has 96 valence electrons. The van der Waals surface area contributed by atoms with Crippen molar-refractivity contribution in [3.05, 3.63) is 0 Å². The van der Waals surface area contributed by atoms with E-state index in [2.05, 4.69) is 10.6 Å². The third-order valence-electron chi connectivity index (χ3n) is 2.46. The van der Waals surface area contributed by atoms with Crippen LogP contribution in [0, 0.1) is 0 Å². The lowest BCUT2D eigenvalue weighted by Gasteiger charge is -2.29. The maximum absolute atomic E-state index is 11.5. The largest absolute Gasteiger partial charge is 0.394 e. The maximum Gasteiger partial charge on any atom is 0.234 e. The summed E-state index contributed by atoms with van der Waals surface area (Å²) < 4.78 is 4.81. The first-order valence-electron chi connectivity index (χ1n) is 5.36. The maximum atomic E-state index is 11.5. The predicted octanol–water partition coefficient (Wildman–Crippen LogP) is -1.53. The van der Waals surface area contributed by atoms with Crippen LogP contribution in [0.25, 0.3) is 0 Å². The van der Waals surface area contributed by atoms with Crippen LogP contribution in [0.1, 0.15) is 13.3 Å². The molecule has 0 aromatic rings. The smallest absolute Gasteiger partial charge is 0.234 e. The molecule has 0 saturated carbocycles. The SMILES string of the molecule is CCC(CO)(CO)NC(=O)CNCCOC. The van der Waals surface area contributed by atoms with Crippen molar-refractivity contribution in [2.24, 2.45) is 0 Å². The van der Waals surface area contributed by atoms with E-state index in [0.29, 0.717) is 19.6 Å². The number of nitrogens with one attached hydrogen (secondary N) is 2. The topological polar surface area (TPSA) is 90.8 Å². The van der Waals surface area contributed by atoms with Crippen molar-refractivity contribution < 1.29 is 19.7 Å². The van der Waals surface area contributed by atoms with Gasteiger partial charge in [0.1, 0.15) is 0 Å². The number of carbonyl (C=O) groups is 1. The van der Waals surface area contributed by atoms with Crippen molar-refractivity contribution in [3.8, 4) is 0 Å². The van der Waals surface area contributed by atoms with Gasteiger partial charge in [0.05, 0.1) is 31.9 Å². The molecule has 0 aliphatic heterocycles. The van der Waals surface area contributed by atoms with E-state index in [-0.39, 0.29) is 25.7 Å². The Morgan fingerprint density at radius 1 is 1.38 bits per heavy atom. The van der Waals surface area contributed by atoms with E-state index in [1.807, 2.05) is 0 Å². The zero-order valence-electron chi connectivity index (χ0n) is 9.95. The summed E-state index contributed by atoms with van der Waals surface area (Å²) in [5.74, 6) is -0.249. The average Bonchev–Trinajstić information content (AvgIpc) is 2.32. The first-order valence-corrected chi connectivity index (χ1v) is 5.36. The van der Waals surface area contributed by atoms with Crippen molar-refractivity contribution in [3.63, 3.8) is 0 Å². The fourth-order valence-electron chi connectivity index (χ4n) is 1.16. The summed E-state index contributed by atoms with van der Waals surface area (Å²) in [5.41, 5.74) is -0.917. The van der Waals surface area contributed by atoms with Crippen LogP contribution in [-0.4, -0.2) is 61.7 Å². The number of aliphatic hydroxyl groups is 2. The number of methoxy groups -OCH3 is 1. The zero-order valence-corrected chi connectivity index (χ0v) is 9.95. The molecular weight excluding hydrogens is 212 g/mol. The Kier molecular flexibility index (Phi) is 8.10. The molecule has 0 atom stereocenters. The molecule has 4 N–H and O–H groups in total. The quantitative estimate of drug-likeness (QED) is 0.363. The summed E-state index contributed by atoms with van der Waals surface area (Å²) in [5, 5.41) is 23.7. The van der Waals surface area contributed by atoms with Gasteiger partial charge in [0.25, 0.3) is 0 Å². The second-order valence-corrected chi connectivity index (χ2v) is 3.67. The highest BCUT2D eigenvalue weighted by atomic mass is 16.5. The van der Waals surface area contributed by atoms with Crippen molar-refractivity contribution in [2.75, 3.05) is 40.0 Å². The number of aliphatic hydroxyl groups excluding tert-OH is 2. The fraction of sp³-hybridized carbons (Fsp3) is 0.900. The second kappa shape index (κ2) is 8.46. The lowest BCUT2D eigenvalue weighted by molar-refractivity contribution is -0.123. The summed E-state index contributed by atoms with van der Waals surface area (Å²) >= 11 is 0. The Morgan fingerprint density at radius 3 is 2.44 bits per heavy atom. The molecule has 0 aliphatic rings. The number of hydrogen-bond donors (Lipinski definition) is 4. The standard InChI is InChI=1S/C10H22N2O4/c1-3-10(7-13,8-14)12-9(15)6-11-4-5-16-2/h11,13-14H,3-8H2,1-2H3,(H,12,15). The van der Waals surface area contributed by atoms with Gasteiger partial charge in [-0.3, -0.25) is 4.79 Å². The molecule has 0 saturated heterocycles. The summed E-state index contributed by atoms with van der Waals surface area (Å²) in [6, 6.07) is 0. The van der Waals surface area contributed by atoms with Gasteiger partial charge in [-0.15, -0.1) is 0 Å². The van der Waals surface area contributed by atoms with Gasteiger partial charge in [0.15, 0.2) is 0 Å². The molecule has 0 bridgehead atoms. The minimum Gasteiger partial charge on any atom is -0.394 e. The van der Waals surface area contributed by atoms with Crippen LogP contribution in [0.5, 0.6) is 0 Å². The molecule has 0 aromatic carbocycles. The molecule has 0 spiro atoms. The van der Waals surface area contributed by atoms with Gasteiger partial charge in [0.2, 0.25) is 5.91 Å². The van der Waals surface area contributed by atoms with E-state index in [1.54, 1.807) is 14.0 Å². The molecule has 0 radical (unpaired) electrons. The highest BCUT2D eigenvalue weighted by Gasteiger charge is 2.28. The Balaban J connectivity index is 3.91. The van der Waals surface area contributed by atoms with E-state index in [9.17, 15) is 4.79 Å². The molecular formula is C10H22N2O4. The highest BCUT2D eigenvalue weighted by Crippen LogP contribution is 2.07. The highest BCUT2D eigenvalue weighted by molar-refractivity contribution is 5.78. The number of amides is 1. The van der Waals surface area contributed by atoms with Gasteiger partial charge in [-0.1, -0.05) is 6.92 Å². The summed E-state index contributed by atoms with van der Waals surface area (Å²) in [4.78, 5) is 11.5. The van der Waals surface area contributed by atoms with Crippen LogP contribution >= 0.6 is 0 Å². The van der Waals surface area contributed by atoms with Gasteiger partial charge in [0, 0.05) is 13.7 Å². The van der Waals surface area contributed by atoms with E-state index in [0.717, 1.165) is 0 Å². The molecule has 0 unspecified atom stereocenters. The average molecular weight is 234 g/mol. The lowest BCUT2D eigenvalue weighted by Crippen LogP contribution is -2.55. The second-order valence-electron chi connectivity index (χ2n) is 3.67. The third kappa shape index (κ3) is 5.41. The van der Waals surface area contributed by atoms with E-state index in [4.69, 9.17) is 14.9 Å². The van der Waals surface area contributed by atoms with Gasteiger partial charge >= 0.3 is 0 Å². The van der Waals surface area contributed by atoms with Gasteiger partial charge < -0.3 is 25.6 Å². The number of carbonyl (C=O) groups excluding carboxylic acids is 1.